The van der Waals surface area contributed by atoms with Crippen molar-refractivity contribution in [3.63, 3.8) is 0 Å². The lowest BCUT2D eigenvalue weighted by molar-refractivity contribution is 0.443. The average Bonchev–Trinajstić information content (AvgIpc) is 1.75. The summed E-state index contributed by atoms with van der Waals surface area (Å²) < 4.78 is 9.12. The van der Waals surface area contributed by atoms with Crippen molar-refractivity contribution in [3.8, 4) is 134 Å². The highest BCUT2D eigenvalue weighted by atomic mass is 14.3. The van der Waals surface area contributed by atoms with Gasteiger partial charge in [0.15, 0.2) is 0 Å². The fraction of sp³-hybridized carbons (Fsp3) is 0.119. The molecule has 0 aromatic heterocycles. The van der Waals surface area contributed by atoms with E-state index in [9.17, 15) is 0 Å². The summed E-state index contributed by atoms with van der Waals surface area (Å²) in [6.07, 6.45) is 15.2. The third-order valence-corrected chi connectivity index (χ3v) is 32.6. The van der Waals surface area contributed by atoms with E-state index >= 15 is 0 Å². The van der Waals surface area contributed by atoms with Crippen molar-refractivity contribution in [1.29, 1.82) is 0 Å². The minimum Gasteiger partial charge on any atom is -0.0622 e. The predicted octanol–water partition coefficient (Wildman–Crippen LogP) is 39.9. The van der Waals surface area contributed by atoms with Crippen molar-refractivity contribution >= 4 is 97.0 Å². The fourth-order valence-electron chi connectivity index (χ4n) is 25.7. The lowest BCUT2D eigenvalue weighted by Crippen LogP contribution is -2.04. The van der Waals surface area contributed by atoms with Gasteiger partial charge in [0.05, 0.1) is 0 Å². The van der Waals surface area contributed by atoms with Crippen LogP contribution in [0.5, 0.6) is 0 Å². The Morgan fingerprint density at radius 3 is 0.720 bits per heavy atom. The molecule has 0 aliphatic heterocycles. The van der Waals surface area contributed by atoms with Crippen LogP contribution in [-0.2, 0) is 19.3 Å². The first kappa shape index (κ1) is 84.7. The van der Waals surface area contributed by atoms with Crippen LogP contribution in [0.15, 0.2) is 449 Å². The Morgan fingerprint density at radius 2 is 0.378 bits per heavy atom. The average molecular weight is 1830 g/mol. The van der Waals surface area contributed by atoms with Crippen molar-refractivity contribution in [2.24, 2.45) is 0 Å². The summed E-state index contributed by atoms with van der Waals surface area (Å²) in [6, 6.07) is 168. The highest BCUT2D eigenvalue weighted by Crippen LogP contribution is 2.53. The molecule has 29 rings (SSSR count). The highest BCUT2D eigenvalue weighted by Gasteiger charge is 2.31. The predicted molar refractivity (Wildman–Crippen MR) is 612 cm³/mol. The summed E-state index contributed by atoms with van der Waals surface area (Å²) in [5.41, 5.74) is 45.3. The second-order valence-electron chi connectivity index (χ2n) is 40.9. The van der Waals surface area contributed by atoms with Crippen LogP contribution in [0.1, 0.15) is 133 Å². The quantitative estimate of drug-likeness (QED) is 0.113. The van der Waals surface area contributed by atoms with Gasteiger partial charge in [0, 0.05) is 1.37 Å². The van der Waals surface area contributed by atoms with Gasteiger partial charge >= 0.3 is 0 Å². The molecule has 0 unspecified atom stereocenters. The maximum Gasteiger partial charge on any atom is 0.0352 e. The summed E-state index contributed by atoms with van der Waals surface area (Å²) >= 11 is 0. The fourth-order valence-corrected chi connectivity index (χ4v) is 25.7. The molecule has 0 N–H and O–H groups in total. The zero-order valence-electron chi connectivity index (χ0n) is 82.0. The molecule has 24 aromatic rings. The normalized spacial score (nSPS) is 14.0. The Kier molecular flexibility index (Phi) is 21.3. The van der Waals surface area contributed by atoms with Crippen LogP contribution in [0.4, 0.5) is 0 Å². The Morgan fingerprint density at radius 1 is 0.154 bits per heavy atom. The molecule has 0 heteroatoms. The Hall–Kier alpha value is -16.4. The maximum atomic E-state index is 9.12. The number of hydrogen-bond donors (Lipinski definition) is 0. The van der Waals surface area contributed by atoms with Crippen molar-refractivity contribution in [1.82, 2.24) is 0 Å². The largest absolute Gasteiger partial charge is 0.0622 e. The first-order valence-corrected chi connectivity index (χ1v) is 51.9. The highest BCUT2D eigenvalue weighted by molar-refractivity contribution is 6.28. The summed E-state index contributed by atoms with van der Waals surface area (Å²) in [4.78, 5) is 0. The zero-order valence-corrected chi connectivity index (χ0v) is 81.0. The molecule has 0 heterocycles. The Bertz CT molecular complexity index is 9210. The number of hydrogen-bond acceptors (Lipinski definition) is 0. The first-order valence-electron chi connectivity index (χ1n) is 52.4. The van der Waals surface area contributed by atoms with Gasteiger partial charge in [0.25, 0.3) is 0 Å². The minimum absolute atomic E-state index is 0.426. The van der Waals surface area contributed by atoms with Gasteiger partial charge in [0.2, 0.25) is 0 Å². The molecule has 0 spiro atoms. The molecule has 5 aliphatic carbocycles. The van der Waals surface area contributed by atoms with Gasteiger partial charge in [-0.3, -0.25) is 0 Å². The molecule has 0 saturated heterocycles. The minimum atomic E-state index is -0.426. The first-order chi connectivity index (χ1) is 71.1. The van der Waals surface area contributed by atoms with E-state index in [0.717, 1.165) is 50.9 Å². The Labute approximate surface area is 839 Å². The summed E-state index contributed by atoms with van der Waals surface area (Å²) in [6.45, 7) is 4.46. The van der Waals surface area contributed by atoms with Crippen LogP contribution in [0.2, 0.25) is 0 Å². The molecule has 2 saturated carbocycles. The summed E-state index contributed by atoms with van der Waals surface area (Å²) in [7, 11) is 0. The molecule has 0 amide bonds. The van der Waals surface area contributed by atoms with Gasteiger partial charge in [-0.1, -0.05) is 451 Å². The molecular formula is C143H108. The molecule has 0 radical (unpaired) electrons. The van der Waals surface area contributed by atoms with Crippen LogP contribution in [0.25, 0.3) is 230 Å². The van der Waals surface area contributed by atoms with E-state index in [1.807, 2.05) is 0 Å². The molecule has 0 nitrogen and oxygen atoms in total. The number of aryl methyl sites for hydroxylation is 2. The van der Waals surface area contributed by atoms with E-state index in [1.165, 1.54) is 325 Å². The molecule has 680 valence electrons. The van der Waals surface area contributed by atoms with Crippen molar-refractivity contribution in [2.45, 2.75) is 109 Å². The molecule has 5 aliphatic rings. The van der Waals surface area contributed by atoms with Gasteiger partial charge in [-0.05, 0) is 393 Å². The number of rotatable bonds is 11. The smallest absolute Gasteiger partial charge is 0.0352 e. The van der Waals surface area contributed by atoms with Crippen LogP contribution in [0, 0.1) is 13.8 Å². The zero-order chi connectivity index (χ0) is 95.6. The monoisotopic (exact) mass is 1830 g/mol. The number of fused-ring (bicyclic) bond motifs is 27. The van der Waals surface area contributed by atoms with Gasteiger partial charge < -0.3 is 0 Å². The SMILES string of the molecule is Cc1cc(-c2ccccc2)c2c(c1)-c1cc(C)cc(-c3cccc(-c4ccc5c6ccccc6c6ccccc6c5c4)c3)c1C2.[2H]C1(c2ccc(-c3cccc4c3Cc3c(-c5cccc(-c6ccc7c8ccccc8c8ccccc8c7c6)c5)cccc3-4)cc2)CCCCC1.c1cc(-c2ccc3c4ccccc4c4ccccc4c3c2)cc(-c2cccc3c2Cc2c(-c4ccc(C5CCCCC5)cc4)cccc2-3)c1. The third-order valence-electron chi connectivity index (χ3n) is 32.6. The molecule has 143 heavy (non-hydrogen) atoms. The van der Waals surface area contributed by atoms with Crippen LogP contribution >= 0.6 is 0 Å². The maximum absolute atomic E-state index is 9.12. The van der Waals surface area contributed by atoms with E-state index < -0.39 is 5.89 Å². The van der Waals surface area contributed by atoms with Crippen molar-refractivity contribution in [3.05, 3.63) is 505 Å². The standard InChI is InChI=1S/2C49H38.C45H32/c2*1-2-11-32(12-3-1)33-23-25-34(26-24-33)38-19-9-21-44-45-22-10-20-39(49(45)31-48(38)44)37-14-8-13-35(29-37)36-27-28-46-42-17-5-4-15-40(42)41-16-6-7-18-43(41)47(46)30-36;1-28-21-39(30-11-4-3-5-12-30)44-27-45-40(22-29(2)24-42(45)41(44)23-28)33-14-10-13-31(25-33)32-19-20-38-36-17-7-6-15-34(36)35-16-8-9-18-37(35)43(38)26-32/h2*4-10,13-30,32H,1-3,11-12,31H2;3-26H,27H2,1-2H3/i32D;;. The van der Waals surface area contributed by atoms with E-state index in [-0.39, 0.29) is 0 Å². The van der Waals surface area contributed by atoms with Crippen LogP contribution in [-0.4, -0.2) is 0 Å². The van der Waals surface area contributed by atoms with Crippen molar-refractivity contribution < 1.29 is 1.37 Å². The molecule has 24 aromatic carbocycles. The third kappa shape index (κ3) is 15.3. The summed E-state index contributed by atoms with van der Waals surface area (Å²) in [5, 5.41) is 23.6. The van der Waals surface area contributed by atoms with E-state index in [1.54, 1.807) is 0 Å². The topological polar surface area (TPSA) is 0 Å². The Balaban J connectivity index is 0.000000108. The van der Waals surface area contributed by atoms with Gasteiger partial charge in [-0.15, -0.1) is 0 Å². The number of benzene rings is 24. The molecule has 0 atom stereocenters. The lowest BCUT2D eigenvalue weighted by Gasteiger charge is -2.22. The molecule has 0 bridgehead atoms. The van der Waals surface area contributed by atoms with E-state index in [2.05, 4.69) is 463 Å². The second-order valence-corrected chi connectivity index (χ2v) is 40.9. The van der Waals surface area contributed by atoms with Gasteiger partial charge in [-0.2, -0.15) is 0 Å². The summed E-state index contributed by atoms with van der Waals surface area (Å²) in [5.74, 6) is 0.310. The van der Waals surface area contributed by atoms with Crippen molar-refractivity contribution in [2.75, 3.05) is 0 Å². The second kappa shape index (κ2) is 36.1. The molecular weight excluding hydrogens is 1720 g/mol. The van der Waals surface area contributed by atoms with Crippen LogP contribution in [0.3, 0.4) is 0 Å². The lowest BCUT2D eigenvalue weighted by atomic mass is 9.83. The van der Waals surface area contributed by atoms with E-state index in [0.29, 0.717) is 0 Å². The van der Waals surface area contributed by atoms with Gasteiger partial charge in [-0.25, -0.2) is 0 Å². The van der Waals surface area contributed by atoms with Crippen LogP contribution < -0.4 is 0 Å². The van der Waals surface area contributed by atoms with E-state index in [4.69, 9.17) is 1.37 Å². The molecule has 2 fully saturated rings. The van der Waals surface area contributed by atoms with Gasteiger partial charge in [0.1, 0.15) is 0 Å².